The third-order valence-corrected chi connectivity index (χ3v) is 3.17. The van der Waals surface area contributed by atoms with Gasteiger partial charge >= 0.3 is 0 Å². The van der Waals surface area contributed by atoms with E-state index in [-0.39, 0.29) is 5.75 Å². The average molecular weight is 276 g/mol. The van der Waals surface area contributed by atoms with Crippen LogP contribution in [-0.4, -0.2) is 19.3 Å². The highest BCUT2D eigenvalue weighted by atomic mass is 19.1. The Morgan fingerprint density at radius 2 is 1.65 bits per heavy atom. The molecule has 0 fully saturated rings. The smallest absolute Gasteiger partial charge is 0.165 e. The van der Waals surface area contributed by atoms with Gasteiger partial charge < -0.3 is 14.6 Å². The summed E-state index contributed by atoms with van der Waals surface area (Å²) >= 11 is 0. The zero-order valence-electron chi connectivity index (χ0n) is 11.7. The van der Waals surface area contributed by atoms with E-state index in [1.807, 2.05) is 19.1 Å². The second-order valence-corrected chi connectivity index (χ2v) is 4.54. The number of aliphatic hydroxyl groups is 1. The van der Waals surface area contributed by atoms with Crippen LogP contribution in [0.5, 0.6) is 11.5 Å². The molecular weight excluding hydrogens is 259 g/mol. The van der Waals surface area contributed by atoms with Gasteiger partial charge in [-0.15, -0.1) is 0 Å². The molecule has 3 nitrogen and oxygen atoms in total. The van der Waals surface area contributed by atoms with Crippen molar-refractivity contribution in [1.29, 1.82) is 0 Å². The maximum Gasteiger partial charge on any atom is 0.165 e. The molecule has 0 aliphatic heterocycles. The van der Waals surface area contributed by atoms with E-state index in [0.29, 0.717) is 16.9 Å². The van der Waals surface area contributed by atoms with Crippen LogP contribution in [0.25, 0.3) is 0 Å². The number of aryl methyl sites for hydroxylation is 1. The van der Waals surface area contributed by atoms with Crippen LogP contribution in [-0.2, 0) is 0 Å². The fraction of sp³-hybridized carbons (Fsp3) is 0.250. The van der Waals surface area contributed by atoms with Crippen LogP contribution >= 0.6 is 0 Å². The van der Waals surface area contributed by atoms with Crippen LogP contribution in [0.2, 0.25) is 0 Å². The lowest BCUT2D eigenvalue weighted by molar-refractivity contribution is 0.214. The van der Waals surface area contributed by atoms with E-state index in [0.717, 1.165) is 5.56 Å². The summed E-state index contributed by atoms with van der Waals surface area (Å²) in [5, 5.41) is 10.4. The molecule has 1 unspecified atom stereocenters. The van der Waals surface area contributed by atoms with Crippen molar-refractivity contribution < 1.29 is 19.0 Å². The van der Waals surface area contributed by atoms with Gasteiger partial charge in [0.05, 0.1) is 14.2 Å². The lowest BCUT2D eigenvalue weighted by Crippen LogP contribution is -2.04. The Morgan fingerprint density at radius 3 is 2.25 bits per heavy atom. The van der Waals surface area contributed by atoms with Crippen LogP contribution < -0.4 is 9.47 Å². The number of hydrogen-bond acceptors (Lipinski definition) is 3. The van der Waals surface area contributed by atoms with Gasteiger partial charge in [-0.2, -0.15) is 0 Å². The topological polar surface area (TPSA) is 38.7 Å². The molecule has 0 saturated carbocycles. The van der Waals surface area contributed by atoms with E-state index in [1.165, 1.54) is 26.4 Å². The molecule has 0 spiro atoms. The van der Waals surface area contributed by atoms with Crippen molar-refractivity contribution in [2.75, 3.05) is 14.2 Å². The van der Waals surface area contributed by atoms with E-state index >= 15 is 0 Å². The summed E-state index contributed by atoms with van der Waals surface area (Å²) in [5.41, 5.74) is 2.05. The van der Waals surface area contributed by atoms with E-state index in [1.54, 1.807) is 12.1 Å². The molecule has 0 aliphatic rings. The molecule has 2 aromatic carbocycles. The molecule has 2 aromatic rings. The van der Waals surface area contributed by atoms with Crippen LogP contribution in [0.1, 0.15) is 22.8 Å². The SMILES string of the molecule is COc1ccc(C(O)c2cc(C)ccc2OC)cc1F. The third kappa shape index (κ3) is 2.75. The van der Waals surface area contributed by atoms with Gasteiger partial charge in [0.15, 0.2) is 11.6 Å². The highest BCUT2D eigenvalue weighted by molar-refractivity contribution is 5.43. The summed E-state index contributed by atoms with van der Waals surface area (Å²) in [5.74, 6) is 0.215. The summed E-state index contributed by atoms with van der Waals surface area (Å²) in [6, 6.07) is 9.90. The molecule has 0 aromatic heterocycles. The van der Waals surface area contributed by atoms with Gasteiger partial charge in [-0.05, 0) is 36.8 Å². The zero-order valence-corrected chi connectivity index (χ0v) is 11.7. The van der Waals surface area contributed by atoms with Gasteiger partial charge in [0.2, 0.25) is 0 Å². The van der Waals surface area contributed by atoms with Crippen molar-refractivity contribution in [3.05, 3.63) is 58.9 Å². The summed E-state index contributed by atoms with van der Waals surface area (Å²) in [7, 11) is 2.94. The molecule has 4 heteroatoms. The average Bonchev–Trinajstić information content (AvgIpc) is 2.46. The molecule has 1 atom stereocenters. The minimum absolute atomic E-state index is 0.150. The lowest BCUT2D eigenvalue weighted by atomic mass is 9.98. The number of ether oxygens (including phenoxy) is 2. The van der Waals surface area contributed by atoms with Crippen LogP contribution in [0.4, 0.5) is 4.39 Å². The predicted molar refractivity (Wildman–Crippen MR) is 74.7 cm³/mol. The number of rotatable bonds is 4. The maximum atomic E-state index is 13.7. The lowest BCUT2D eigenvalue weighted by Gasteiger charge is -2.16. The van der Waals surface area contributed by atoms with Gasteiger partial charge in [0, 0.05) is 5.56 Å². The second-order valence-electron chi connectivity index (χ2n) is 4.54. The highest BCUT2D eigenvalue weighted by Gasteiger charge is 2.17. The Balaban J connectivity index is 2.43. The first-order valence-corrected chi connectivity index (χ1v) is 6.23. The molecule has 20 heavy (non-hydrogen) atoms. The monoisotopic (exact) mass is 276 g/mol. The van der Waals surface area contributed by atoms with Crippen molar-refractivity contribution in [2.45, 2.75) is 13.0 Å². The zero-order chi connectivity index (χ0) is 14.7. The minimum atomic E-state index is -0.953. The Labute approximate surface area is 117 Å². The number of benzene rings is 2. The summed E-state index contributed by atoms with van der Waals surface area (Å²) in [6.07, 6.45) is -0.953. The molecule has 0 heterocycles. The van der Waals surface area contributed by atoms with Crippen molar-refractivity contribution in [3.8, 4) is 11.5 Å². The van der Waals surface area contributed by atoms with Crippen molar-refractivity contribution in [3.63, 3.8) is 0 Å². The van der Waals surface area contributed by atoms with Crippen molar-refractivity contribution >= 4 is 0 Å². The van der Waals surface area contributed by atoms with Crippen molar-refractivity contribution in [1.82, 2.24) is 0 Å². The van der Waals surface area contributed by atoms with Gasteiger partial charge in [0.1, 0.15) is 11.9 Å². The molecule has 0 aliphatic carbocycles. The first-order chi connectivity index (χ1) is 9.56. The molecule has 0 radical (unpaired) electrons. The molecule has 0 saturated heterocycles. The number of hydrogen-bond donors (Lipinski definition) is 1. The third-order valence-electron chi connectivity index (χ3n) is 3.17. The van der Waals surface area contributed by atoms with E-state index < -0.39 is 11.9 Å². The number of aliphatic hydroxyl groups excluding tert-OH is 1. The fourth-order valence-corrected chi connectivity index (χ4v) is 2.10. The van der Waals surface area contributed by atoms with Gasteiger partial charge in [-0.3, -0.25) is 0 Å². The summed E-state index contributed by atoms with van der Waals surface area (Å²) in [6.45, 7) is 1.92. The standard InChI is InChI=1S/C16H17FO3/c1-10-4-6-14(19-2)12(8-10)16(18)11-5-7-15(20-3)13(17)9-11/h4-9,16,18H,1-3H3. The van der Waals surface area contributed by atoms with Crippen LogP contribution in [0, 0.1) is 12.7 Å². The molecule has 1 N–H and O–H groups in total. The van der Waals surface area contributed by atoms with E-state index in [2.05, 4.69) is 0 Å². The first-order valence-electron chi connectivity index (χ1n) is 6.23. The summed E-state index contributed by atoms with van der Waals surface area (Å²) < 4.78 is 23.8. The van der Waals surface area contributed by atoms with Crippen molar-refractivity contribution in [2.24, 2.45) is 0 Å². The van der Waals surface area contributed by atoms with Gasteiger partial charge in [-0.1, -0.05) is 17.7 Å². The highest BCUT2D eigenvalue weighted by Crippen LogP contribution is 2.32. The molecule has 0 amide bonds. The van der Waals surface area contributed by atoms with Gasteiger partial charge in [-0.25, -0.2) is 4.39 Å². The van der Waals surface area contributed by atoms with Crippen LogP contribution in [0.15, 0.2) is 36.4 Å². The second kappa shape index (κ2) is 5.92. The number of methoxy groups -OCH3 is 2. The van der Waals surface area contributed by atoms with Crippen LogP contribution in [0.3, 0.4) is 0 Å². The number of halogens is 1. The summed E-state index contributed by atoms with van der Waals surface area (Å²) in [4.78, 5) is 0. The fourth-order valence-electron chi connectivity index (χ4n) is 2.10. The van der Waals surface area contributed by atoms with E-state index in [4.69, 9.17) is 9.47 Å². The largest absolute Gasteiger partial charge is 0.496 e. The quantitative estimate of drug-likeness (QED) is 0.931. The Kier molecular flexibility index (Phi) is 4.25. The Hall–Kier alpha value is -2.07. The maximum absolute atomic E-state index is 13.7. The molecular formula is C16H17FO3. The van der Waals surface area contributed by atoms with E-state index in [9.17, 15) is 9.50 Å². The van der Waals surface area contributed by atoms with Gasteiger partial charge in [0.25, 0.3) is 0 Å². The Morgan fingerprint density at radius 1 is 1.00 bits per heavy atom. The molecule has 106 valence electrons. The molecule has 2 rings (SSSR count). The first kappa shape index (κ1) is 14.3. The minimum Gasteiger partial charge on any atom is -0.496 e. The normalized spacial score (nSPS) is 12.1. The predicted octanol–water partition coefficient (Wildman–Crippen LogP) is 3.23. The Bertz CT molecular complexity index is 611. The molecule has 0 bridgehead atoms.